The topological polar surface area (TPSA) is 75.9 Å². The Morgan fingerprint density at radius 1 is 1.09 bits per heavy atom. The molecule has 0 saturated carbocycles. The van der Waals surface area contributed by atoms with Gasteiger partial charge in [-0.15, -0.1) is 0 Å². The molecule has 1 atom stereocenters. The van der Waals surface area contributed by atoms with Crippen molar-refractivity contribution in [1.29, 1.82) is 0 Å². The molecular weight excluding hydrogens is 459 g/mol. The minimum atomic E-state index is 0.0855. The van der Waals surface area contributed by atoms with E-state index in [4.69, 9.17) is 28.2 Å². The molecule has 1 aliphatic rings. The van der Waals surface area contributed by atoms with Crippen LogP contribution in [0.5, 0.6) is 0 Å². The lowest BCUT2D eigenvalue weighted by Crippen LogP contribution is -2.44. The minimum absolute atomic E-state index is 0.0855. The first-order valence-corrected chi connectivity index (χ1v) is 11.5. The monoisotopic (exact) mass is 480 g/mol. The number of halogens is 2. The van der Waals surface area contributed by atoms with Gasteiger partial charge in [0.2, 0.25) is 5.91 Å². The van der Waals surface area contributed by atoms with E-state index in [1.807, 2.05) is 58.0 Å². The van der Waals surface area contributed by atoms with Gasteiger partial charge in [-0.3, -0.25) is 9.36 Å². The highest BCUT2D eigenvalue weighted by Gasteiger charge is 2.25. The second-order valence-corrected chi connectivity index (χ2v) is 8.91. The Morgan fingerprint density at radius 3 is 2.64 bits per heavy atom. The molecule has 2 aromatic heterocycles. The molecule has 4 aromatic rings. The molecule has 1 saturated heterocycles. The van der Waals surface area contributed by atoms with E-state index in [2.05, 4.69) is 15.3 Å². The van der Waals surface area contributed by atoms with E-state index in [1.165, 1.54) is 6.33 Å². The van der Waals surface area contributed by atoms with Crippen LogP contribution in [0.2, 0.25) is 10.0 Å². The third-order valence-corrected chi connectivity index (χ3v) is 6.43. The Kier molecular flexibility index (Phi) is 5.91. The van der Waals surface area contributed by atoms with Crippen LogP contribution >= 0.6 is 23.2 Å². The molecule has 5 rings (SSSR count). The SMILES string of the molecule is CC(=O)N1CCC[C@@H](Nc2ncnc3c2nc(-c2ccccc2Cl)n3-c2ccc(Cl)cc2)C1. The maximum Gasteiger partial charge on any atom is 0.219 e. The van der Waals surface area contributed by atoms with Crippen molar-refractivity contribution in [1.82, 2.24) is 24.4 Å². The summed E-state index contributed by atoms with van der Waals surface area (Å²) in [5.41, 5.74) is 2.95. The van der Waals surface area contributed by atoms with Gasteiger partial charge in [-0.25, -0.2) is 15.0 Å². The molecule has 7 nitrogen and oxygen atoms in total. The number of carbonyl (C=O) groups excluding carboxylic acids is 1. The Labute approximate surface area is 201 Å². The number of hydrogen-bond acceptors (Lipinski definition) is 5. The van der Waals surface area contributed by atoms with Crippen molar-refractivity contribution in [3.63, 3.8) is 0 Å². The molecule has 33 heavy (non-hydrogen) atoms. The molecular formula is C24H22Cl2N6O. The zero-order chi connectivity index (χ0) is 22.9. The highest BCUT2D eigenvalue weighted by Crippen LogP contribution is 2.34. The Hall–Kier alpha value is -3.16. The molecule has 3 heterocycles. The number of likely N-dealkylation sites (tertiary alicyclic amines) is 1. The first kappa shape index (κ1) is 21.7. The van der Waals surface area contributed by atoms with Crippen molar-refractivity contribution in [2.75, 3.05) is 18.4 Å². The number of anilines is 1. The number of carbonyl (C=O) groups is 1. The zero-order valence-corrected chi connectivity index (χ0v) is 19.5. The number of imidazole rings is 1. The average Bonchev–Trinajstić information content (AvgIpc) is 3.20. The third-order valence-electron chi connectivity index (χ3n) is 5.85. The molecule has 168 valence electrons. The number of hydrogen-bond donors (Lipinski definition) is 1. The number of aromatic nitrogens is 4. The van der Waals surface area contributed by atoms with Gasteiger partial charge in [0.1, 0.15) is 12.2 Å². The summed E-state index contributed by atoms with van der Waals surface area (Å²) < 4.78 is 1.96. The lowest BCUT2D eigenvalue weighted by molar-refractivity contribution is -0.129. The minimum Gasteiger partial charge on any atom is -0.364 e. The quantitative estimate of drug-likeness (QED) is 0.433. The van der Waals surface area contributed by atoms with Crippen LogP contribution in [0.25, 0.3) is 28.2 Å². The van der Waals surface area contributed by atoms with Crippen LogP contribution in [0.1, 0.15) is 19.8 Å². The second kappa shape index (κ2) is 9.00. The number of amides is 1. The van der Waals surface area contributed by atoms with Gasteiger partial charge in [-0.05, 0) is 49.2 Å². The van der Waals surface area contributed by atoms with Gasteiger partial charge in [-0.2, -0.15) is 0 Å². The Morgan fingerprint density at radius 2 is 1.88 bits per heavy atom. The number of rotatable bonds is 4. The molecule has 1 fully saturated rings. The van der Waals surface area contributed by atoms with Crippen LogP contribution in [0, 0.1) is 0 Å². The summed E-state index contributed by atoms with van der Waals surface area (Å²) in [6, 6.07) is 15.2. The van der Waals surface area contributed by atoms with Crippen LogP contribution in [-0.4, -0.2) is 49.5 Å². The van der Waals surface area contributed by atoms with Gasteiger partial charge in [0.05, 0.1) is 5.02 Å². The molecule has 0 radical (unpaired) electrons. The van der Waals surface area contributed by atoms with Crippen LogP contribution < -0.4 is 5.32 Å². The van der Waals surface area contributed by atoms with Crippen LogP contribution in [0.3, 0.4) is 0 Å². The summed E-state index contributed by atoms with van der Waals surface area (Å²) in [5.74, 6) is 1.38. The van der Waals surface area contributed by atoms with Crippen molar-refractivity contribution in [3.05, 3.63) is 64.9 Å². The average molecular weight is 481 g/mol. The molecule has 0 spiro atoms. The molecule has 0 unspecified atom stereocenters. The highest BCUT2D eigenvalue weighted by atomic mass is 35.5. The van der Waals surface area contributed by atoms with E-state index in [0.29, 0.717) is 39.4 Å². The number of nitrogens with zero attached hydrogens (tertiary/aromatic N) is 5. The largest absolute Gasteiger partial charge is 0.364 e. The predicted molar refractivity (Wildman–Crippen MR) is 131 cm³/mol. The summed E-state index contributed by atoms with van der Waals surface area (Å²) in [5, 5.41) is 4.74. The third kappa shape index (κ3) is 4.26. The Balaban J connectivity index is 1.64. The van der Waals surface area contributed by atoms with E-state index in [0.717, 1.165) is 30.6 Å². The summed E-state index contributed by atoms with van der Waals surface area (Å²) in [6.07, 6.45) is 3.42. The van der Waals surface area contributed by atoms with Crippen LogP contribution in [0.4, 0.5) is 5.82 Å². The fraction of sp³-hybridized carbons (Fsp3) is 0.250. The molecule has 1 amide bonds. The van der Waals surface area contributed by atoms with Gasteiger partial charge in [0.25, 0.3) is 0 Å². The van der Waals surface area contributed by atoms with Gasteiger partial charge in [-0.1, -0.05) is 35.3 Å². The van der Waals surface area contributed by atoms with E-state index in [1.54, 1.807) is 6.92 Å². The molecule has 0 aliphatic carbocycles. The predicted octanol–water partition coefficient (Wildman–Crippen LogP) is 5.21. The second-order valence-electron chi connectivity index (χ2n) is 8.07. The van der Waals surface area contributed by atoms with Crippen molar-refractivity contribution < 1.29 is 4.79 Å². The maximum absolute atomic E-state index is 11.9. The van der Waals surface area contributed by atoms with Crippen molar-refractivity contribution in [2.24, 2.45) is 0 Å². The summed E-state index contributed by atoms with van der Waals surface area (Å²) >= 11 is 12.7. The maximum atomic E-state index is 11.9. The van der Waals surface area contributed by atoms with E-state index >= 15 is 0 Å². The summed E-state index contributed by atoms with van der Waals surface area (Å²) in [7, 11) is 0. The van der Waals surface area contributed by atoms with Crippen molar-refractivity contribution in [2.45, 2.75) is 25.8 Å². The lowest BCUT2D eigenvalue weighted by atomic mass is 10.1. The Bertz CT molecular complexity index is 1320. The smallest absolute Gasteiger partial charge is 0.219 e. The molecule has 2 aromatic carbocycles. The van der Waals surface area contributed by atoms with E-state index < -0.39 is 0 Å². The number of nitrogens with one attached hydrogen (secondary N) is 1. The number of benzene rings is 2. The van der Waals surface area contributed by atoms with E-state index in [-0.39, 0.29) is 11.9 Å². The summed E-state index contributed by atoms with van der Waals surface area (Å²) in [4.78, 5) is 27.7. The normalized spacial score (nSPS) is 16.2. The first-order chi connectivity index (χ1) is 16.0. The fourth-order valence-electron chi connectivity index (χ4n) is 4.23. The van der Waals surface area contributed by atoms with Gasteiger partial charge in [0.15, 0.2) is 17.0 Å². The fourth-order valence-corrected chi connectivity index (χ4v) is 4.58. The lowest BCUT2D eigenvalue weighted by Gasteiger charge is -2.32. The van der Waals surface area contributed by atoms with Crippen LogP contribution in [-0.2, 0) is 4.79 Å². The van der Waals surface area contributed by atoms with Gasteiger partial charge < -0.3 is 10.2 Å². The molecule has 9 heteroatoms. The summed E-state index contributed by atoms with van der Waals surface area (Å²) in [6.45, 7) is 3.03. The number of piperidine rings is 1. The molecule has 0 bridgehead atoms. The standard InChI is InChI=1S/C24H22Cl2N6O/c1-15(33)31-12-4-5-17(13-31)29-22-21-24(28-14-27-22)32(18-10-8-16(25)9-11-18)23(30-21)19-6-2-3-7-20(19)26/h2-3,6-11,14,17H,4-5,12-13H2,1H3,(H,27,28,29)/t17-/m1/s1. The zero-order valence-electron chi connectivity index (χ0n) is 18.0. The van der Waals surface area contributed by atoms with Crippen molar-refractivity contribution in [3.8, 4) is 17.1 Å². The van der Waals surface area contributed by atoms with E-state index in [9.17, 15) is 4.79 Å². The molecule has 1 aliphatic heterocycles. The highest BCUT2D eigenvalue weighted by molar-refractivity contribution is 6.33. The first-order valence-electron chi connectivity index (χ1n) is 10.8. The van der Waals surface area contributed by atoms with Gasteiger partial charge >= 0.3 is 0 Å². The van der Waals surface area contributed by atoms with Crippen LogP contribution in [0.15, 0.2) is 54.9 Å². The van der Waals surface area contributed by atoms with Crippen molar-refractivity contribution >= 4 is 46.1 Å². The van der Waals surface area contributed by atoms with Gasteiger partial charge in [0, 0.05) is 42.3 Å². The number of fused-ring (bicyclic) bond motifs is 1. The molecule has 1 N–H and O–H groups in total.